The summed E-state index contributed by atoms with van der Waals surface area (Å²) in [4.78, 5) is 21.2. The number of hydrogen-bond acceptors (Lipinski definition) is 3. The average molecular weight is 172 g/mol. The summed E-state index contributed by atoms with van der Waals surface area (Å²) < 4.78 is 4.82. The number of Topliss-reactive ketones (excluding diaryl/α,β-unsaturated/α-hetero) is 1. The minimum Gasteiger partial charge on any atom is -0.465 e. The number of carbonyl (C=O) groups excluding carboxylic acids is 2. The molecule has 0 spiro atoms. The van der Waals surface area contributed by atoms with E-state index < -0.39 is 0 Å². The van der Waals surface area contributed by atoms with Crippen LogP contribution in [0.5, 0.6) is 0 Å². The third-order valence-corrected chi connectivity index (χ3v) is 1.39. The first-order valence-electron chi connectivity index (χ1n) is 3.96. The molecule has 0 amide bonds. The van der Waals surface area contributed by atoms with Gasteiger partial charge in [-0.1, -0.05) is 13.8 Å². The van der Waals surface area contributed by atoms with Gasteiger partial charge in [0.15, 0.2) is 0 Å². The highest BCUT2D eigenvalue weighted by molar-refractivity contribution is 5.76. The Morgan fingerprint density at radius 2 is 1.75 bits per heavy atom. The van der Waals surface area contributed by atoms with E-state index in [1.165, 1.54) is 13.8 Å². The zero-order valence-electron chi connectivity index (χ0n) is 8.14. The van der Waals surface area contributed by atoms with Crippen molar-refractivity contribution >= 4 is 11.8 Å². The van der Waals surface area contributed by atoms with Crippen LogP contribution in [-0.4, -0.2) is 18.4 Å². The van der Waals surface area contributed by atoms with Crippen LogP contribution in [0.25, 0.3) is 0 Å². The lowest BCUT2D eigenvalue weighted by molar-refractivity contribution is -0.145. The maximum absolute atomic E-state index is 10.8. The lowest BCUT2D eigenvalue weighted by Crippen LogP contribution is -2.23. The molecule has 0 saturated heterocycles. The number of ketones is 1. The zero-order chi connectivity index (χ0) is 9.78. The van der Waals surface area contributed by atoms with Crippen LogP contribution in [0.1, 0.15) is 34.1 Å². The molecule has 70 valence electrons. The summed E-state index contributed by atoms with van der Waals surface area (Å²) in [6.07, 6.45) is 0.445. The molecule has 0 aliphatic carbocycles. The highest BCUT2D eigenvalue weighted by Crippen LogP contribution is 2.20. The van der Waals surface area contributed by atoms with Crippen molar-refractivity contribution in [3.8, 4) is 0 Å². The third-order valence-electron chi connectivity index (χ3n) is 1.39. The van der Waals surface area contributed by atoms with E-state index in [1.54, 1.807) is 0 Å². The Kier molecular flexibility index (Phi) is 3.93. The summed E-state index contributed by atoms with van der Waals surface area (Å²) in [6.45, 7) is 7.01. The van der Waals surface area contributed by atoms with Crippen LogP contribution in [0.2, 0.25) is 0 Å². The van der Waals surface area contributed by atoms with Gasteiger partial charge in [0.05, 0.1) is 6.61 Å². The topological polar surface area (TPSA) is 43.4 Å². The number of carbonyl (C=O) groups is 2. The first kappa shape index (κ1) is 11.1. The zero-order valence-corrected chi connectivity index (χ0v) is 8.14. The second-order valence-corrected chi connectivity index (χ2v) is 3.82. The molecule has 0 N–H and O–H groups in total. The van der Waals surface area contributed by atoms with Gasteiger partial charge >= 0.3 is 5.97 Å². The summed E-state index contributed by atoms with van der Waals surface area (Å²) in [7, 11) is 0. The summed E-state index contributed by atoms with van der Waals surface area (Å²) in [5.74, 6) is -0.182. The van der Waals surface area contributed by atoms with E-state index in [9.17, 15) is 9.59 Å². The summed E-state index contributed by atoms with van der Waals surface area (Å²) in [5, 5.41) is 0. The van der Waals surface area contributed by atoms with Gasteiger partial charge in [0, 0.05) is 18.8 Å². The van der Waals surface area contributed by atoms with Gasteiger partial charge in [-0.2, -0.15) is 0 Å². The highest BCUT2D eigenvalue weighted by atomic mass is 16.5. The fourth-order valence-corrected chi connectivity index (χ4v) is 1.02. The van der Waals surface area contributed by atoms with Crippen molar-refractivity contribution < 1.29 is 14.3 Å². The van der Waals surface area contributed by atoms with Crippen LogP contribution in [-0.2, 0) is 14.3 Å². The molecule has 0 unspecified atom stereocenters. The molecule has 0 bridgehead atoms. The third kappa shape index (κ3) is 5.89. The van der Waals surface area contributed by atoms with Gasteiger partial charge in [-0.3, -0.25) is 4.79 Å². The number of ether oxygens (including phenoxy) is 1. The van der Waals surface area contributed by atoms with Crippen molar-refractivity contribution in [2.45, 2.75) is 34.1 Å². The van der Waals surface area contributed by atoms with Gasteiger partial charge in [-0.25, -0.2) is 0 Å². The molecule has 0 saturated carbocycles. The molecule has 0 aliphatic heterocycles. The minimum absolute atomic E-state index is 0.118. The van der Waals surface area contributed by atoms with Crippen molar-refractivity contribution in [2.24, 2.45) is 5.41 Å². The van der Waals surface area contributed by atoms with Gasteiger partial charge in [-0.05, 0) is 6.92 Å². The van der Waals surface area contributed by atoms with E-state index >= 15 is 0 Å². The highest BCUT2D eigenvalue weighted by Gasteiger charge is 2.21. The lowest BCUT2D eigenvalue weighted by atomic mass is 9.89. The molecular formula is C9H16O3. The molecule has 12 heavy (non-hydrogen) atoms. The van der Waals surface area contributed by atoms with Crippen LogP contribution >= 0.6 is 0 Å². The van der Waals surface area contributed by atoms with E-state index in [0.717, 1.165) is 0 Å². The Balaban J connectivity index is 3.86. The average Bonchev–Trinajstić information content (AvgIpc) is 1.81. The molecule has 0 aromatic heterocycles. The van der Waals surface area contributed by atoms with Crippen molar-refractivity contribution in [1.82, 2.24) is 0 Å². The summed E-state index contributed by atoms with van der Waals surface area (Å²) in [6, 6.07) is 0. The predicted octanol–water partition coefficient (Wildman–Crippen LogP) is 1.55. The second-order valence-electron chi connectivity index (χ2n) is 3.82. The van der Waals surface area contributed by atoms with Crippen LogP contribution in [0.15, 0.2) is 0 Å². The predicted molar refractivity (Wildman–Crippen MR) is 45.7 cm³/mol. The minimum atomic E-state index is -0.299. The number of esters is 1. The van der Waals surface area contributed by atoms with Gasteiger partial charge < -0.3 is 9.53 Å². The Morgan fingerprint density at radius 3 is 2.08 bits per heavy atom. The molecule has 0 radical (unpaired) electrons. The SMILES string of the molecule is CC(=O)CC(C)(C)COC(C)=O. The molecule has 0 aromatic carbocycles. The van der Waals surface area contributed by atoms with Crippen molar-refractivity contribution in [3.05, 3.63) is 0 Å². The monoisotopic (exact) mass is 172 g/mol. The van der Waals surface area contributed by atoms with Crippen molar-refractivity contribution in [3.63, 3.8) is 0 Å². The first-order chi connectivity index (χ1) is 5.33. The van der Waals surface area contributed by atoms with E-state index in [4.69, 9.17) is 4.74 Å². The Hall–Kier alpha value is -0.860. The van der Waals surface area contributed by atoms with Crippen molar-refractivity contribution in [1.29, 1.82) is 0 Å². The molecule has 3 heteroatoms. The van der Waals surface area contributed by atoms with Crippen LogP contribution < -0.4 is 0 Å². The number of rotatable bonds is 4. The molecule has 0 fully saturated rings. The molecule has 0 rings (SSSR count). The standard InChI is InChI=1S/C9H16O3/c1-7(10)5-9(3,4)6-12-8(2)11/h5-6H2,1-4H3. The van der Waals surface area contributed by atoms with Crippen LogP contribution in [0.4, 0.5) is 0 Å². The quantitative estimate of drug-likeness (QED) is 0.604. The first-order valence-corrected chi connectivity index (χ1v) is 3.96. The van der Waals surface area contributed by atoms with E-state index in [2.05, 4.69) is 0 Å². The number of hydrogen-bond donors (Lipinski definition) is 0. The normalized spacial score (nSPS) is 11.0. The Bertz CT molecular complexity index is 182. The van der Waals surface area contributed by atoms with Gasteiger partial charge in [0.2, 0.25) is 0 Å². The molecular weight excluding hydrogens is 156 g/mol. The molecule has 0 heterocycles. The summed E-state index contributed by atoms with van der Waals surface area (Å²) in [5.41, 5.74) is -0.239. The van der Waals surface area contributed by atoms with Gasteiger partial charge in [0.25, 0.3) is 0 Å². The van der Waals surface area contributed by atoms with Gasteiger partial charge in [-0.15, -0.1) is 0 Å². The van der Waals surface area contributed by atoms with Crippen LogP contribution in [0, 0.1) is 5.41 Å². The van der Waals surface area contributed by atoms with Crippen molar-refractivity contribution in [2.75, 3.05) is 6.61 Å². The Morgan fingerprint density at radius 1 is 1.25 bits per heavy atom. The summed E-state index contributed by atoms with van der Waals surface area (Å²) >= 11 is 0. The van der Waals surface area contributed by atoms with Crippen LogP contribution in [0.3, 0.4) is 0 Å². The van der Waals surface area contributed by atoms with E-state index in [1.807, 2.05) is 13.8 Å². The smallest absolute Gasteiger partial charge is 0.302 e. The maximum Gasteiger partial charge on any atom is 0.302 e. The maximum atomic E-state index is 10.8. The molecule has 0 aromatic rings. The molecule has 0 atom stereocenters. The van der Waals surface area contributed by atoms with E-state index in [0.29, 0.717) is 13.0 Å². The van der Waals surface area contributed by atoms with Gasteiger partial charge in [0.1, 0.15) is 5.78 Å². The largest absolute Gasteiger partial charge is 0.465 e. The Labute approximate surface area is 73.1 Å². The molecule has 3 nitrogen and oxygen atoms in total. The van der Waals surface area contributed by atoms with E-state index in [-0.39, 0.29) is 17.2 Å². The fraction of sp³-hybridized carbons (Fsp3) is 0.778. The lowest BCUT2D eigenvalue weighted by Gasteiger charge is -2.21. The molecule has 0 aliphatic rings. The second kappa shape index (κ2) is 4.24. The fourth-order valence-electron chi connectivity index (χ4n) is 1.02.